The largest absolute Gasteiger partial charge is 0.486 e. The predicted molar refractivity (Wildman–Crippen MR) is 152 cm³/mol. The van der Waals surface area contributed by atoms with E-state index in [1.54, 1.807) is 12.3 Å². The summed E-state index contributed by atoms with van der Waals surface area (Å²) in [7, 11) is 3.77. The zero-order chi connectivity index (χ0) is 27.2. The van der Waals surface area contributed by atoms with Crippen LogP contribution in [0, 0.1) is 0 Å². The van der Waals surface area contributed by atoms with Crippen LogP contribution in [-0.2, 0) is 11.4 Å². The van der Waals surface area contributed by atoms with Gasteiger partial charge in [-0.1, -0.05) is 17.7 Å². The van der Waals surface area contributed by atoms with Crippen LogP contribution >= 0.6 is 11.6 Å². The van der Waals surface area contributed by atoms with Gasteiger partial charge in [0.15, 0.2) is 11.4 Å². The average Bonchev–Trinajstić information content (AvgIpc) is 2.94. The molecule has 0 saturated carbocycles. The fourth-order valence-corrected chi connectivity index (χ4v) is 4.82. The number of aromatic nitrogens is 3. The molecule has 1 aliphatic rings. The maximum atomic E-state index is 13.2. The zero-order valence-corrected chi connectivity index (χ0v) is 22.7. The fraction of sp³-hybridized carbons (Fsp3) is 0.310. The topological polar surface area (TPSA) is 102 Å². The summed E-state index contributed by atoms with van der Waals surface area (Å²) in [6, 6.07) is 16.7. The molecular formula is C29H31ClN6O3. The molecule has 0 spiro atoms. The molecule has 9 nitrogen and oxygen atoms in total. The molecule has 0 bridgehead atoms. The lowest BCUT2D eigenvalue weighted by Gasteiger charge is -2.37. The van der Waals surface area contributed by atoms with Crippen molar-refractivity contribution in [2.75, 3.05) is 39.0 Å². The van der Waals surface area contributed by atoms with Crippen LogP contribution < -0.4 is 20.1 Å². The Balaban J connectivity index is 1.36. The van der Waals surface area contributed by atoms with Crippen molar-refractivity contribution in [3.63, 3.8) is 0 Å². The van der Waals surface area contributed by atoms with E-state index in [-0.39, 0.29) is 5.78 Å². The van der Waals surface area contributed by atoms with Crippen molar-refractivity contribution in [1.29, 1.82) is 0 Å². The van der Waals surface area contributed by atoms with Gasteiger partial charge in [-0.05, 0) is 82.0 Å². The fourth-order valence-electron chi connectivity index (χ4n) is 4.58. The monoisotopic (exact) mass is 546 g/mol. The molecule has 2 aromatic carbocycles. The number of hydrogen-bond donors (Lipinski definition) is 2. The molecule has 4 aromatic rings. The number of fused-ring (bicyclic) bond motifs is 1. The SMILES string of the molecule is CN(C)CC(=O)[C@]1(Oc2ccc3ncnc(Nc4ccc(OCc5ccccn5)c(Cl)c4)c3c2)CCCNC1. The first-order chi connectivity index (χ1) is 18.9. The number of hydrogen-bond acceptors (Lipinski definition) is 9. The summed E-state index contributed by atoms with van der Waals surface area (Å²) in [6.45, 7) is 1.98. The Bertz CT molecular complexity index is 1440. The number of rotatable bonds is 10. The number of ketones is 1. The smallest absolute Gasteiger partial charge is 0.191 e. The molecule has 5 rings (SSSR count). The molecule has 1 aliphatic heterocycles. The molecule has 0 unspecified atom stereocenters. The lowest BCUT2D eigenvalue weighted by atomic mass is 9.89. The minimum absolute atomic E-state index is 0.0578. The number of benzene rings is 2. The van der Waals surface area contributed by atoms with E-state index in [0.717, 1.165) is 35.2 Å². The van der Waals surface area contributed by atoms with Gasteiger partial charge >= 0.3 is 0 Å². The van der Waals surface area contributed by atoms with E-state index in [4.69, 9.17) is 21.1 Å². The van der Waals surface area contributed by atoms with Crippen molar-refractivity contribution in [3.05, 3.63) is 77.8 Å². The predicted octanol–water partition coefficient (Wildman–Crippen LogP) is 4.63. The summed E-state index contributed by atoms with van der Waals surface area (Å²) < 4.78 is 12.3. The number of anilines is 2. The van der Waals surface area contributed by atoms with E-state index in [1.165, 1.54) is 6.33 Å². The van der Waals surface area contributed by atoms with Gasteiger partial charge in [0.1, 0.15) is 30.3 Å². The molecule has 10 heteroatoms. The zero-order valence-electron chi connectivity index (χ0n) is 22.0. The van der Waals surface area contributed by atoms with Gasteiger partial charge < -0.3 is 25.0 Å². The lowest BCUT2D eigenvalue weighted by Crippen LogP contribution is -2.57. The Kier molecular flexibility index (Phi) is 8.21. The quantitative estimate of drug-likeness (QED) is 0.295. The number of ether oxygens (including phenoxy) is 2. The van der Waals surface area contributed by atoms with E-state index in [2.05, 4.69) is 25.6 Å². The van der Waals surface area contributed by atoms with Crippen LogP contribution in [0.15, 0.2) is 67.1 Å². The van der Waals surface area contributed by atoms with Crippen molar-refractivity contribution in [2.24, 2.45) is 0 Å². The Morgan fingerprint density at radius 1 is 1.13 bits per heavy atom. The molecule has 0 radical (unpaired) electrons. The summed E-state index contributed by atoms with van der Waals surface area (Å²) in [5.41, 5.74) is 1.38. The van der Waals surface area contributed by atoms with Gasteiger partial charge in [-0.3, -0.25) is 9.78 Å². The van der Waals surface area contributed by atoms with Crippen molar-refractivity contribution >= 4 is 39.8 Å². The van der Waals surface area contributed by atoms with Gasteiger partial charge in [-0.15, -0.1) is 0 Å². The molecule has 2 N–H and O–H groups in total. The Hall–Kier alpha value is -3.79. The van der Waals surface area contributed by atoms with Crippen molar-refractivity contribution in [1.82, 2.24) is 25.2 Å². The first-order valence-corrected chi connectivity index (χ1v) is 13.2. The molecule has 0 amide bonds. The van der Waals surface area contributed by atoms with Crippen LogP contribution in [0.4, 0.5) is 11.5 Å². The van der Waals surface area contributed by atoms with Gasteiger partial charge in [0.05, 0.1) is 22.8 Å². The minimum atomic E-state index is -0.919. The first kappa shape index (κ1) is 26.8. The summed E-state index contributed by atoms with van der Waals surface area (Å²) in [4.78, 5) is 28.2. The van der Waals surface area contributed by atoms with E-state index in [0.29, 0.717) is 48.5 Å². The van der Waals surface area contributed by atoms with Crippen LogP contribution in [0.2, 0.25) is 5.02 Å². The van der Waals surface area contributed by atoms with Crippen LogP contribution in [0.3, 0.4) is 0 Å². The first-order valence-electron chi connectivity index (χ1n) is 12.8. The van der Waals surface area contributed by atoms with E-state index in [9.17, 15) is 4.79 Å². The van der Waals surface area contributed by atoms with Crippen LogP contribution in [0.25, 0.3) is 10.9 Å². The maximum absolute atomic E-state index is 13.2. The van der Waals surface area contributed by atoms with Crippen LogP contribution in [0.5, 0.6) is 11.5 Å². The molecule has 0 aliphatic carbocycles. The van der Waals surface area contributed by atoms with Crippen molar-refractivity contribution in [2.45, 2.75) is 25.0 Å². The third kappa shape index (κ3) is 6.44. The van der Waals surface area contributed by atoms with E-state index in [1.807, 2.05) is 67.5 Å². The highest BCUT2D eigenvalue weighted by molar-refractivity contribution is 6.32. The number of carbonyl (C=O) groups is 1. The lowest BCUT2D eigenvalue weighted by molar-refractivity contribution is -0.136. The number of piperidine rings is 1. The summed E-state index contributed by atoms with van der Waals surface area (Å²) in [5.74, 6) is 1.80. The Morgan fingerprint density at radius 3 is 2.77 bits per heavy atom. The van der Waals surface area contributed by atoms with Crippen LogP contribution in [0.1, 0.15) is 18.5 Å². The number of Topliss-reactive ketones (excluding diaryl/α,β-unsaturated/α-hetero) is 1. The van der Waals surface area contributed by atoms with Gasteiger partial charge in [0.2, 0.25) is 0 Å². The number of nitrogens with zero attached hydrogens (tertiary/aromatic N) is 4. The molecule has 1 atom stereocenters. The average molecular weight is 547 g/mol. The molecule has 1 fully saturated rings. The second kappa shape index (κ2) is 11.9. The van der Waals surface area contributed by atoms with Gasteiger partial charge in [-0.2, -0.15) is 0 Å². The molecular weight excluding hydrogens is 516 g/mol. The summed E-state index contributed by atoms with van der Waals surface area (Å²) in [6.07, 6.45) is 4.76. The molecule has 1 saturated heterocycles. The third-order valence-electron chi connectivity index (χ3n) is 6.53. The van der Waals surface area contributed by atoms with Gasteiger partial charge in [0.25, 0.3) is 0 Å². The standard InChI is InChI=1S/C29H31ClN6O3/c1-36(2)16-27(37)29(11-5-12-31-18-29)39-22-8-9-25-23(15-22)28(34-19-33-25)35-20-7-10-26(24(30)14-20)38-17-21-6-3-4-13-32-21/h3-4,6-10,13-15,19,31H,5,11-12,16-18H2,1-2H3,(H,33,34,35)/t29-/m0/s1. The number of likely N-dealkylation sites (N-methyl/N-ethyl adjacent to an activating group) is 1. The third-order valence-corrected chi connectivity index (χ3v) is 6.82. The van der Waals surface area contributed by atoms with Crippen LogP contribution in [-0.4, -0.2) is 65.0 Å². The van der Waals surface area contributed by atoms with Crippen molar-refractivity contribution < 1.29 is 14.3 Å². The minimum Gasteiger partial charge on any atom is -0.486 e. The number of carbonyl (C=O) groups excluding carboxylic acids is 1. The van der Waals surface area contributed by atoms with E-state index < -0.39 is 5.60 Å². The Morgan fingerprint density at radius 2 is 2.03 bits per heavy atom. The van der Waals surface area contributed by atoms with Crippen molar-refractivity contribution in [3.8, 4) is 11.5 Å². The number of nitrogens with one attached hydrogen (secondary N) is 2. The number of pyridine rings is 1. The molecule has 3 heterocycles. The maximum Gasteiger partial charge on any atom is 0.191 e. The van der Waals surface area contributed by atoms with E-state index >= 15 is 0 Å². The molecule has 2 aromatic heterocycles. The van der Waals surface area contributed by atoms with Gasteiger partial charge in [0, 0.05) is 23.8 Å². The normalized spacial score (nSPS) is 17.2. The van der Waals surface area contributed by atoms with Gasteiger partial charge in [-0.25, -0.2) is 9.97 Å². The highest BCUT2D eigenvalue weighted by Gasteiger charge is 2.41. The Labute approximate surface area is 232 Å². The highest BCUT2D eigenvalue weighted by Crippen LogP contribution is 2.33. The second-order valence-corrected chi connectivity index (χ2v) is 10.2. The summed E-state index contributed by atoms with van der Waals surface area (Å²) >= 11 is 6.52. The second-order valence-electron chi connectivity index (χ2n) is 9.82. The summed E-state index contributed by atoms with van der Waals surface area (Å²) in [5, 5.41) is 7.89. The molecule has 202 valence electrons. The number of halogens is 1. The highest BCUT2D eigenvalue weighted by atomic mass is 35.5. The molecule has 39 heavy (non-hydrogen) atoms.